The quantitative estimate of drug-likeness (QED) is 0.687. The Kier molecular flexibility index (Phi) is 4.19. The zero-order valence-corrected chi connectivity index (χ0v) is 10.3. The van der Waals surface area contributed by atoms with Gasteiger partial charge in [0.1, 0.15) is 0 Å². The van der Waals surface area contributed by atoms with Crippen LogP contribution in [0.15, 0.2) is 0 Å². The highest BCUT2D eigenvalue weighted by Gasteiger charge is 2.35. The highest BCUT2D eigenvalue weighted by atomic mass is 79.9. The molecule has 0 bridgehead atoms. The van der Waals surface area contributed by atoms with Gasteiger partial charge < -0.3 is 0 Å². The van der Waals surface area contributed by atoms with Gasteiger partial charge in [-0.1, -0.05) is 22.9 Å². The first-order chi connectivity index (χ1) is 6.11. The van der Waals surface area contributed by atoms with Crippen LogP contribution in [0.1, 0.15) is 26.2 Å². The third-order valence-corrected chi connectivity index (χ3v) is 4.55. The summed E-state index contributed by atoms with van der Waals surface area (Å²) < 4.78 is 25.1. The summed E-state index contributed by atoms with van der Waals surface area (Å²) in [6, 6.07) is 0.300. The molecule has 0 amide bonds. The van der Waals surface area contributed by atoms with E-state index in [1.165, 1.54) is 0 Å². The fourth-order valence-electron chi connectivity index (χ4n) is 1.37. The summed E-state index contributed by atoms with van der Waals surface area (Å²) in [5, 5.41) is 0.729. The predicted octanol–water partition coefficient (Wildman–Crippen LogP) is 1.59. The summed E-state index contributed by atoms with van der Waals surface area (Å²) in [6.45, 7) is 2.52. The minimum absolute atomic E-state index is 0.288. The molecule has 1 fully saturated rings. The summed E-state index contributed by atoms with van der Waals surface area (Å²) in [4.78, 5) is 0. The van der Waals surface area contributed by atoms with Crippen LogP contribution in [0, 0.1) is 0 Å². The first kappa shape index (κ1) is 11.5. The van der Waals surface area contributed by atoms with Crippen molar-refractivity contribution in [1.29, 1.82) is 0 Å². The van der Waals surface area contributed by atoms with Gasteiger partial charge in [0.2, 0.25) is 10.0 Å². The van der Waals surface area contributed by atoms with Crippen molar-refractivity contribution < 1.29 is 8.42 Å². The van der Waals surface area contributed by atoms with Gasteiger partial charge >= 0.3 is 0 Å². The van der Waals surface area contributed by atoms with Crippen molar-refractivity contribution >= 4 is 26.0 Å². The third-order valence-electron chi connectivity index (χ3n) is 2.08. The van der Waals surface area contributed by atoms with Gasteiger partial charge in [0.25, 0.3) is 0 Å². The van der Waals surface area contributed by atoms with Crippen molar-refractivity contribution in [3.8, 4) is 0 Å². The Morgan fingerprint density at radius 1 is 1.46 bits per heavy atom. The van der Waals surface area contributed by atoms with Gasteiger partial charge in [-0.2, -0.15) is 4.31 Å². The Morgan fingerprint density at radius 3 is 2.46 bits per heavy atom. The standard InChI is InChI=1S/C8H16BrNO2S/c1-2-7-13(11,12)10(6-5-9)8-3-4-8/h8H,2-7H2,1H3. The topological polar surface area (TPSA) is 37.4 Å². The van der Waals surface area contributed by atoms with Crippen LogP contribution >= 0.6 is 15.9 Å². The molecule has 0 radical (unpaired) electrons. The first-order valence-electron chi connectivity index (χ1n) is 4.67. The fourth-order valence-corrected chi connectivity index (χ4v) is 3.77. The Labute approximate surface area is 88.7 Å². The highest BCUT2D eigenvalue weighted by molar-refractivity contribution is 9.09. The van der Waals surface area contributed by atoms with E-state index in [2.05, 4.69) is 15.9 Å². The van der Waals surface area contributed by atoms with E-state index in [-0.39, 0.29) is 5.75 Å². The summed E-state index contributed by atoms with van der Waals surface area (Å²) in [5.74, 6) is 0.288. The van der Waals surface area contributed by atoms with E-state index in [4.69, 9.17) is 0 Å². The van der Waals surface area contributed by atoms with Crippen LogP contribution in [-0.4, -0.2) is 36.4 Å². The van der Waals surface area contributed by atoms with E-state index in [1.807, 2.05) is 6.92 Å². The minimum atomic E-state index is -2.97. The van der Waals surface area contributed by atoms with E-state index < -0.39 is 10.0 Å². The summed E-state index contributed by atoms with van der Waals surface area (Å²) in [6.07, 6.45) is 2.78. The van der Waals surface area contributed by atoms with Crippen molar-refractivity contribution in [1.82, 2.24) is 4.31 Å². The number of rotatable bonds is 6. The fraction of sp³-hybridized carbons (Fsp3) is 1.00. The van der Waals surface area contributed by atoms with Crippen LogP contribution in [0.5, 0.6) is 0 Å². The number of nitrogens with zero attached hydrogens (tertiary/aromatic N) is 1. The zero-order valence-electron chi connectivity index (χ0n) is 7.87. The van der Waals surface area contributed by atoms with Crippen molar-refractivity contribution in [3.05, 3.63) is 0 Å². The van der Waals surface area contributed by atoms with Crippen LogP contribution in [0.25, 0.3) is 0 Å². The van der Waals surface area contributed by atoms with Gasteiger partial charge in [0.05, 0.1) is 5.75 Å². The van der Waals surface area contributed by atoms with Gasteiger partial charge in [0, 0.05) is 17.9 Å². The molecule has 0 N–H and O–H groups in total. The molecule has 1 aliphatic rings. The van der Waals surface area contributed by atoms with Crippen LogP contribution in [0.3, 0.4) is 0 Å². The second kappa shape index (κ2) is 4.75. The molecule has 13 heavy (non-hydrogen) atoms. The maximum atomic E-state index is 11.7. The normalized spacial score (nSPS) is 18.1. The summed E-state index contributed by atoms with van der Waals surface area (Å²) in [5.41, 5.74) is 0. The third kappa shape index (κ3) is 3.22. The van der Waals surface area contributed by atoms with E-state index in [0.29, 0.717) is 19.0 Å². The molecule has 0 heterocycles. The van der Waals surface area contributed by atoms with Crippen molar-refractivity contribution in [2.45, 2.75) is 32.2 Å². The molecule has 3 nitrogen and oxygen atoms in total. The number of hydrogen-bond donors (Lipinski definition) is 0. The Balaban J connectivity index is 2.61. The molecule has 0 aromatic carbocycles. The molecule has 1 rings (SSSR count). The molecule has 0 saturated heterocycles. The number of sulfonamides is 1. The molecule has 0 unspecified atom stereocenters. The summed E-state index contributed by atoms with van der Waals surface area (Å²) in [7, 11) is -2.97. The van der Waals surface area contributed by atoms with Crippen molar-refractivity contribution in [3.63, 3.8) is 0 Å². The van der Waals surface area contributed by atoms with E-state index in [0.717, 1.165) is 18.2 Å². The molecule has 0 atom stereocenters. The SMILES string of the molecule is CCCS(=O)(=O)N(CCBr)C1CC1. The van der Waals surface area contributed by atoms with Gasteiger partial charge in [-0.3, -0.25) is 0 Å². The summed E-state index contributed by atoms with van der Waals surface area (Å²) >= 11 is 3.28. The van der Waals surface area contributed by atoms with E-state index in [9.17, 15) is 8.42 Å². The average molecular weight is 270 g/mol. The lowest BCUT2D eigenvalue weighted by atomic mass is 10.6. The maximum Gasteiger partial charge on any atom is 0.214 e. The lowest BCUT2D eigenvalue weighted by molar-refractivity contribution is 0.424. The van der Waals surface area contributed by atoms with Crippen LogP contribution in [0.2, 0.25) is 0 Å². The largest absolute Gasteiger partial charge is 0.214 e. The van der Waals surface area contributed by atoms with Crippen molar-refractivity contribution in [2.75, 3.05) is 17.6 Å². The molecule has 1 aliphatic carbocycles. The molecule has 78 valence electrons. The second-order valence-corrected chi connectivity index (χ2v) is 6.18. The lowest BCUT2D eigenvalue weighted by Crippen LogP contribution is -2.36. The monoisotopic (exact) mass is 269 g/mol. The molecule has 0 aromatic rings. The maximum absolute atomic E-state index is 11.7. The minimum Gasteiger partial charge on any atom is -0.212 e. The molecule has 0 aromatic heterocycles. The lowest BCUT2D eigenvalue weighted by Gasteiger charge is -2.20. The van der Waals surface area contributed by atoms with Gasteiger partial charge in [-0.05, 0) is 19.3 Å². The predicted molar refractivity (Wildman–Crippen MR) is 57.6 cm³/mol. The Hall–Kier alpha value is 0.390. The molecular formula is C8H16BrNO2S. The zero-order chi connectivity index (χ0) is 9.90. The smallest absolute Gasteiger partial charge is 0.212 e. The second-order valence-electron chi connectivity index (χ2n) is 3.35. The molecule has 5 heteroatoms. The molecule has 0 spiro atoms. The van der Waals surface area contributed by atoms with E-state index in [1.54, 1.807) is 4.31 Å². The first-order valence-corrected chi connectivity index (χ1v) is 7.40. The average Bonchev–Trinajstić information content (AvgIpc) is 2.82. The number of alkyl halides is 1. The highest BCUT2D eigenvalue weighted by Crippen LogP contribution is 2.29. The molecule has 0 aliphatic heterocycles. The Morgan fingerprint density at radius 2 is 2.08 bits per heavy atom. The van der Waals surface area contributed by atoms with Gasteiger partial charge in [0.15, 0.2) is 0 Å². The van der Waals surface area contributed by atoms with Crippen molar-refractivity contribution in [2.24, 2.45) is 0 Å². The van der Waals surface area contributed by atoms with Crippen LogP contribution in [0.4, 0.5) is 0 Å². The number of halogens is 1. The van der Waals surface area contributed by atoms with Crippen LogP contribution in [-0.2, 0) is 10.0 Å². The Bertz CT molecular complexity index is 249. The number of hydrogen-bond acceptors (Lipinski definition) is 2. The van der Waals surface area contributed by atoms with Crippen LogP contribution < -0.4 is 0 Å². The molecule has 1 saturated carbocycles. The molecular weight excluding hydrogens is 254 g/mol. The van der Waals surface area contributed by atoms with E-state index >= 15 is 0 Å². The van der Waals surface area contributed by atoms with Gasteiger partial charge in [-0.15, -0.1) is 0 Å². The van der Waals surface area contributed by atoms with Gasteiger partial charge in [-0.25, -0.2) is 8.42 Å².